The number of carbonyl (C=O) groups is 3. The summed E-state index contributed by atoms with van der Waals surface area (Å²) in [5, 5.41) is 3.03. The molecule has 0 unspecified atom stereocenters. The zero-order valence-electron chi connectivity index (χ0n) is 18.7. The standard InChI is InChI=1S/C24H34N4O3/c1-3-13-26-16-11-24(12-17-26)22(30)28(23(31)25-24)20-9-14-27(15-10-20)21(29)18(2)19-7-5-4-6-8-19/h4-8,18,20H,3,9-17H2,1-2H3,(H,25,31)/t18-/m0/s1. The summed E-state index contributed by atoms with van der Waals surface area (Å²) in [5.74, 6) is -0.135. The van der Waals surface area contributed by atoms with E-state index < -0.39 is 5.54 Å². The van der Waals surface area contributed by atoms with Crippen molar-refractivity contribution in [3.63, 3.8) is 0 Å². The summed E-state index contributed by atoms with van der Waals surface area (Å²) in [7, 11) is 0. The third-order valence-electron chi connectivity index (χ3n) is 7.25. The van der Waals surface area contributed by atoms with E-state index in [0.717, 1.165) is 31.6 Å². The first-order chi connectivity index (χ1) is 14.9. The molecule has 0 bridgehead atoms. The highest BCUT2D eigenvalue weighted by atomic mass is 16.2. The van der Waals surface area contributed by atoms with Crippen molar-refractivity contribution < 1.29 is 14.4 Å². The Labute approximate surface area is 184 Å². The molecule has 0 saturated carbocycles. The first-order valence-electron chi connectivity index (χ1n) is 11.7. The Morgan fingerprint density at radius 1 is 1.10 bits per heavy atom. The highest BCUT2D eigenvalue weighted by Gasteiger charge is 2.54. The van der Waals surface area contributed by atoms with Gasteiger partial charge in [0.1, 0.15) is 5.54 Å². The molecular formula is C24H34N4O3. The van der Waals surface area contributed by atoms with Gasteiger partial charge in [-0.3, -0.25) is 14.5 Å². The van der Waals surface area contributed by atoms with Gasteiger partial charge < -0.3 is 15.1 Å². The number of nitrogens with zero attached hydrogens (tertiary/aromatic N) is 3. The van der Waals surface area contributed by atoms with Crippen LogP contribution in [0.5, 0.6) is 0 Å². The van der Waals surface area contributed by atoms with Gasteiger partial charge in [0, 0.05) is 32.2 Å². The lowest BCUT2D eigenvalue weighted by molar-refractivity contribution is -0.137. The van der Waals surface area contributed by atoms with E-state index in [1.807, 2.05) is 42.2 Å². The van der Waals surface area contributed by atoms with Gasteiger partial charge in [0.2, 0.25) is 5.91 Å². The largest absolute Gasteiger partial charge is 0.342 e. The van der Waals surface area contributed by atoms with Crippen LogP contribution in [0, 0.1) is 0 Å². The molecule has 0 aliphatic carbocycles. The number of piperidine rings is 2. The molecule has 1 N–H and O–H groups in total. The van der Waals surface area contributed by atoms with Crippen molar-refractivity contribution in [1.82, 2.24) is 20.0 Å². The van der Waals surface area contributed by atoms with Crippen LogP contribution in [-0.2, 0) is 9.59 Å². The molecule has 7 heteroatoms. The van der Waals surface area contributed by atoms with Crippen molar-refractivity contribution in [3.05, 3.63) is 35.9 Å². The van der Waals surface area contributed by atoms with Gasteiger partial charge in [-0.1, -0.05) is 37.3 Å². The zero-order chi connectivity index (χ0) is 22.0. The molecule has 3 saturated heterocycles. The molecule has 0 aromatic heterocycles. The molecule has 3 aliphatic rings. The van der Waals surface area contributed by atoms with E-state index >= 15 is 0 Å². The van der Waals surface area contributed by atoms with Gasteiger partial charge >= 0.3 is 6.03 Å². The molecule has 1 aromatic carbocycles. The summed E-state index contributed by atoms with van der Waals surface area (Å²) < 4.78 is 0. The van der Waals surface area contributed by atoms with Gasteiger partial charge in [-0.2, -0.15) is 0 Å². The molecule has 7 nitrogen and oxygen atoms in total. The lowest BCUT2D eigenvalue weighted by atomic mass is 9.87. The van der Waals surface area contributed by atoms with Gasteiger partial charge in [-0.05, 0) is 51.1 Å². The van der Waals surface area contributed by atoms with Crippen molar-refractivity contribution in [2.24, 2.45) is 0 Å². The van der Waals surface area contributed by atoms with Crippen LogP contribution in [0.3, 0.4) is 0 Å². The normalized spacial score (nSPS) is 23.3. The maximum absolute atomic E-state index is 13.3. The lowest BCUT2D eigenvalue weighted by Gasteiger charge is -2.39. The van der Waals surface area contributed by atoms with E-state index in [2.05, 4.69) is 17.1 Å². The van der Waals surface area contributed by atoms with Crippen LogP contribution in [0.4, 0.5) is 4.79 Å². The first-order valence-corrected chi connectivity index (χ1v) is 11.7. The number of imide groups is 1. The Kier molecular flexibility index (Phi) is 6.32. The molecule has 3 aliphatic heterocycles. The molecule has 1 spiro atoms. The Balaban J connectivity index is 1.35. The number of urea groups is 1. The molecule has 4 rings (SSSR count). The van der Waals surface area contributed by atoms with Gasteiger partial charge in [0.15, 0.2) is 0 Å². The molecule has 1 aromatic rings. The van der Waals surface area contributed by atoms with E-state index in [9.17, 15) is 14.4 Å². The summed E-state index contributed by atoms with van der Waals surface area (Å²) in [6.07, 6.45) is 3.74. The number of nitrogens with one attached hydrogen (secondary N) is 1. The van der Waals surface area contributed by atoms with E-state index in [1.54, 1.807) is 0 Å². The van der Waals surface area contributed by atoms with Crippen LogP contribution in [0.15, 0.2) is 30.3 Å². The summed E-state index contributed by atoms with van der Waals surface area (Å²) in [6, 6.07) is 9.43. The van der Waals surface area contributed by atoms with Crippen molar-refractivity contribution in [2.75, 3.05) is 32.7 Å². The predicted molar refractivity (Wildman–Crippen MR) is 119 cm³/mol. The quantitative estimate of drug-likeness (QED) is 0.735. The minimum Gasteiger partial charge on any atom is -0.342 e. The van der Waals surface area contributed by atoms with Crippen molar-refractivity contribution in [2.45, 2.75) is 63.5 Å². The van der Waals surface area contributed by atoms with Crippen LogP contribution < -0.4 is 5.32 Å². The number of hydrogen-bond donors (Lipinski definition) is 1. The number of benzene rings is 1. The van der Waals surface area contributed by atoms with Crippen LogP contribution in [0.1, 0.15) is 57.4 Å². The molecule has 0 radical (unpaired) electrons. The number of likely N-dealkylation sites (tertiary alicyclic amines) is 2. The maximum Gasteiger partial charge on any atom is 0.325 e. The maximum atomic E-state index is 13.3. The fourth-order valence-electron chi connectivity index (χ4n) is 5.29. The third kappa shape index (κ3) is 4.20. The monoisotopic (exact) mass is 426 g/mol. The minimum atomic E-state index is -0.726. The van der Waals surface area contributed by atoms with Crippen molar-refractivity contribution >= 4 is 17.8 Å². The van der Waals surface area contributed by atoms with E-state index in [-0.39, 0.29) is 29.8 Å². The predicted octanol–water partition coefficient (Wildman–Crippen LogP) is 2.58. The summed E-state index contributed by atoms with van der Waals surface area (Å²) in [6.45, 7) is 7.98. The molecule has 4 amide bonds. The molecule has 1 atom stereocenters. The van der Waals surface area contributed by atoms with Crippen molar-refractivity contribution in [1.29, 1.82) is 0 Å². The second-order valence-corrected chi connectivity index (χ2v) is 9.22. The van der Waals surface area contributed by atoms with Crippen molar-refractivity contribution in [3.8, 4) is 0 Å². The lowest BCUT2D eigenvalue weighted by Crippen LogP contribution is -2.55. The van der Waals surface area contributed by atoms with E-state index in [1.165, 1.54) is 4.90 Å². The van der Waals surface area contributed by atoms with Crippen LogP contribution in [-0.4, -0.2) is 76.8 Å². The van der Waals surface area contributed by atoms with Crippen LogP contribution in [0.25, 0.3) is 0 Å². The smallest absolute Gasteiger partial charge is 0.325 e. The second kappa shape index (κ2) is 8.99. The average molecular weight is 427 g/mol. The third-order valence-corrected chi connectivity index (χ3v) is 7.25. The SMILES string of the molecule is CCCN1CCC2(CC1)NC(=O)N(C1CCN(C(=O)[C@@H](C)c3ccccc3)CC1)C2=O. The van der Waals surface area contributed by atoms with Crippen LogP contribution >= 0.6 is 0 Å². The van der Waals surface area contributed by atoms with Crippen LogP contribution in [0.2, 0.25) is 0 Å². The summed E-state index contributed by atoms with van der Waals surface area (Å²) >= 11 is 0. The number of hydrogen-bond acceptors (Lipinski definition) is 4. The Hall–Kier alpha value is -2.41. The first kappa shape index (κ1) is 21.8. The van der Waals surface area contributed by atoms with E-state index in [0.29, 0.717) is 38.8 Å². The van der Waals surface area contributed by atoms with Gasteiger partial charge in [-0.15, -0.1) is 0 Å². The molecule has 3 fully saturated rings. The summed E-state index contributed by atoms with van der Waals surface area (Å²) in [4.78, 5) is 44.7. The topological polar surface area (TPSA) is 73.0 Å². The second-order valence-electron chi connectivity index (χ2n) is 9.22. The number of carbonyl (C=O) groups excluding carboxylic acids is 3. The molecular weight excluding hydrogens is 392 g/mol. The van der Waals surface area contributed by atoms with Gasteiger partial charge in [0.05, 0.1) is 5.92 Å². The van der Waals surface area contributed by atoms with Gasteiger partial charge in [0.25, 0.3) is 5.91 Å². The van der Waals surface area contributed by atoms with E-state index in [4.69, 9.17) is 0 Å². The fraction of sp³-hybridized carbons (Fsp3) is 0.625. The average Bonchev–Trinajstić information content (AvgIpc) is 3.04. The Morgan fingerprint density at radius 2 is 1.74 bits per heavy atom. The minimum absolute atomic E-state index is 0.0592. The Bertz CT molecular complexity index is 811. The molecule has 168 valence electrons. The summed E-state index contributed by atoms with van der Waals surface area (Å²) in [5.41, 5.74) is 0.288. The molecule has 3 heterocycles. The number of rotatable bonds is 5. The fourth-order valence-corrected chi connectivity index (χ4v) is 5.29. The molecule has 31 heavy (non-hydrogen) atoms. The van der Waals surface area contributed by atoms with Gasteiger partial charge in [-0.25, -0.2) is 4.79 Å². The highest BCUT2D eigenvalue weighted by Crippen LogP contribution is 2.33. The Morgan fingerprint density at radius 3 is 2.35 bits per heavy atom. The highest BCUT2D eigenvalue weighted by molar-refractivity contribution is 6.07. The zero-order valence-corrected chi connectivity index (χ0v) is 18.7. The number of amides is 4.